The van der Waals surface area contributed by atoms with E-state index in [1.165, 1.54) is 0 Å². The minimum Gasteiger partial charge on any atom is -0.484 e. The van der Waals surface area contributed by atoms with Gasteiger partial charge in [-0.2, -0.15) is 24.9 Å². The van der Waals surface area contributed by atoms with Crippen molar-refractivity contribution in [2.45, 2.75) is 50.0 Å². The summed E-state index contributed by atoms with van der Waals surface area (Å²) in [5.41, 5.74) is 4.23. The second-order valence-corrected chi connectivity index (χ2v) is 8.44. The first-order valence-corrected chi connectivity index (χ1v) is 10.1. The van der Waals surface area contributed by atoms with Crippen LogP contribution in [0.15, 0.2) is 34.5 Å². The average molecular weight is 395 g/mol. The first-order valence-electron chi connectivity index (χ1n) is 9.09. The zero-order valence-corrected chi connectivity index (χ0v) is 15.8. The number of Topliss-reactive ketones (excluding diaryl/α,β-unsaturated/α-hetero) is 1. The molecule has 2 unspecified atom stereocenters. The number of carbonyl (C=O) groups excluding carboxylic acids is 1. The third-order valence-corrected chi connectivity index (χ3v) is 6.61. The standard InChI is InChI=1S/C20H20F3NO2S/c1-11-5-6-12(9-16(11)26-10-20(21,22)23)17-18-13(3-2-4-15(18)25)24-14-7-8-27-19(14)17/h5-6,9,17,19H,2-4,7-8,10H2,1H3. The van der Waals surface area contributed by atoms with Gasteiger partial charge in [0.25, 0.3) is 0 Å². The molecule has 0 radical (unpaired) electrons. The second-order valence-electron chi connectivity index (χ2n) is 7.19. The molecule has 2 aliphatic heterocycles. The summed E-state index contributed by atoms with van der Waals surface area (Å²) in [4.78, 5) is 17.5. The minimum atomic E-state index is -4.39. The molecule has 0 amide bonds. The molecule has 0 spiro atoms. The SMILES string of the molecule is Cc1ccc(C2C3=C(CCCC3=O)N=C3CCSC32)cc1OCC(F)(F)F. The number of halogens is 3. The van der Waals surface area contributed by atoms with Gasteiger partial charge in [0.05, 0.1) is 5.25 Å². The topological polar surface area (TPSA) is 38.7 Å². The molecule has 0 N–H and O–H groups in total. The monoisotopic (exact) mass is 395 g/mol. The number of allylic oxidation sites excluding steroid dienone is 2. The molecule has 0 bridgehead atoms. The van der Waals surface area contributed by atoms with Gasteiger partial charge < -0.3 is 4.74 Å². The van der Waals surface area contributed by atoms with Crippen LogP contribution < -0.4 is 4.74 Å². The highest BCUT2D eigenvalue weighted by molar-refractivity contribution is 8.01. The number of aliphatic imine (C=N–C) groups is 1. The molecular weight excluding hydrogens is 375 g/mol. The molecule has 2 heterocycles. The summed E-state index contributed by atoms with van der Waals surface area (Å²) in [6.45, 7) is 0.406. The van der Waals surface area contributed by atoms with Crippen molar-refractivity contribution < 1.29 is 22.7 Å². The van der Waals surface area contributed by atoms with Crippen LogP contribution in [0.2, 0.25) is 0 Å². The van der Waals surface area contributed by atoms with Gasteiger partial charge >= 0.3 is 6.18 Å². The lowest BCUT2D eigenvalue weighted by atomic mass is 9.77. The van der Waals surface area contributed by atoms with E-state index in [9.17, 15) is 18.0 Å². The predicted molar refractivity (Wildman–Crippen MR) is 99.7 cm³/mol. The van der Waals surface area contributed by atoms with Gasteiger partial charge in [-0.25, -0.2) is 0 Å². The lowest BCUT2D eigenvalue weighted by Crippen LogP contribution is -2.32. The molecule has 27 heavy (non-hydrogen) atoms. The van der Waals surface area contributed by atoms with E-state index in [0.717, 1.165) is 47.6 Å². The summed E-state index contributed by atoms with van der Waals surface area (Å²) in [6, 6.07) is 5.37. The molecule has 1 aromatic carbocycles. The number of hydrogen-bond donors (Lipinski definition) is 0. The van der Waals surface area contributed by atoms with Gasteiger partial charge in [0.1, 0.15) is 5.75 Å². The zero-order valence-electron chi connectivity index (χ0n) is 14.9. The number of hydrogen-bond acceptors (Lipinski definition) is 4. The largest absolute Gasteiger partial charge is 0.484 e. The van der Waals surface area contributed by atoms with Gasteiger partial charge in [-0.3, -0.25) is 9.79 Å². The summed E-state index contributed by atoms with van der Waals surface area (Å²) in [7, 11) is 0. The molecule has 1 saturated heterocycles. The Bertz CT molecular complexity index is 844. The van der Waals surface area contributed by atoms with Crippen molar-refractivity contribution in [3.8, 4) is 5.75 Å². The summed E-state index contributed by atoms with van der Waals surface area (Å²) >= 11 is 1.78. The van der Waals surface area contributed by atoms with Gasteiger partial charge in [0, 0.05) is 29.3 Å². The number of rotatable bonds is 3. The van der Waals surface area contributed by atoms with E-state index in [4.69, 9.17) is 9.73 Å². The molecule has 0 saturated carbocycles. The fraction of sp³-hybridized carbons (Fsp3) is 0.500. The average Bonchev–Trinajstić information content (AvgIpc) is 3.07. The lowest BCUT2D eigenvalue weighted by Gasteiger charge is -2.33. The van der Waals surface area contributed by atoms with Crippen molar-refractivity contribution in [2.75, 3.05) is 12.4 Å². The molecule has 2 atom stereocenters. The first kappa shape index (κ1) is 18.6. The lowest BCUT2D eigenvalue weighted by molar-refractivity contribution is -0.153. The summed E-state index contributed by atoms with van der Waals surface area (Å²) in [5.74, 6) is 1.15. The van der Waals surface area contributed by atoms with E-state index >= 15 is 0 Å². The molecule has 7 heteroatoms. The van der Waals surface area contributed by atoms with Crippen LogP contribution in [0.25, 0.3) is 0 Å². The zero-order chi connectivity index (χ0) is 19.2. The molecule has 144 valence electrons. The van der Waals surface area contributed by atoms with Gasteiger partial charge in [-0.05, 0) is 49.1 Å². The highest BCUT2D eigenvalue weighted by Crippen LogP contribution is 2.48. The third kappa shape index (κ3) is 3.66. The number of fused-ring (bicyclic) bond motifs is 1. The van der Waals surface area contributed by atoms with E-state index in [2.05, 4.69) is 0 Å². The van der Waals surface area contributed by atoms with Gasteiger partial charge in [0.2, 0.25) is 0 Å². The molecule has 1 fully saturated rings. The van der Waals surface area contributed by atoms with Crippen LogP contribution in [0.5, 0.6) is 5.75 Å². The van der Waals surface area contributed by atoms with Crippen LogP contribution >= 0.6 is 11.8 Å². The molecule has 4 rings (SSSR count). The van der Waals surface area contributed by atoms with E-state index in [0.29, 0.717) is 12.0 Å². The predicted octanol–water partition coefficient (Wildman–Crippen LogP) is 4.99. The Morgan fingerprint density at radius 1 is 1.26 bits per heavy atom. The Kier molecular flexibility index (Phi) is 4.82. The Balaban J connectivity index is 1.73. The van der Waals surface area contributed by atoms with Crippen LogP contribution in [0.3, 0.4) is 0 Å². The molecule has 3 aliphatic rings. The van der Waals surface area contributed by atoms with E-state index in [1.807, 2.05) is 6.07 Å². The number of ether oxygens (including phenoxy) is 1. The number of benzene rings is 1. The van der Waals surface area contributed by atoms with E-state index < -0.39 is 12.8 Å². The maximum absolute atomic E-state index is 12.7. The number of thioether (sulfide) groups is 1. The molecule has 1 aliphatic carbocycles. The molecule has 1 aromatic rings. The van der Waals surface area contributed by atoms with Crippen LogP contribution in [-0.4, -0.2) is 35.3 Å². The van der Waals surface area contributed by atoms with E-state index in [1.54, 1.807) is 30.8 Å². The first-order chi connectivity index (χ1) is 12.8. The normalized spacial score (nSPS) is 25.2. The Morgan fingerprint density at radius 3 is 2.85 bits per heavy atom. The van der Waals surface area contributed by atoms with Crippen molar-refractivity contribution in [1.82, 2.24) is 0 Å². The number of nitrogens with zero attached hydrogens (tertiary/aromatic N) is 1. The number of aryl methyl sites for hydroxylation is 1. The fourth-order valence-corrected chi connectivity index (χ4v) is 5.47. The van der Waals surface area contributed by atoms with Crippen LogP contribution in [-0.2, 0) is 4.79 Å². The quantitative estimate of drug-likeness (QED) is 0.724. The molecule has 0 aromatic heterocycles. The smallest absolute Gasteiger partial charge is 0.422 e. The highest BCUT2D eigenvalue weighted by atomic mass is 32.2. The fourth-order valence-electron chi connectivity index (χ4n) is 4.04. The van der Waals surface area contributed by atoms with E-state index in [-0.39, 0.29) is 22.7 Å². The van der Waals surface area contributed by atoms with Crippen LogP contribution in [0.4, 0.5) is 13.2 Å². The summed E-state index contributed by atoms with van der Waals surface area (Å²) < 4.78 is 42.8. The number of alkyl halides is 3. The molecule has 3 nitrogen and oxygen atoms in total. The van der Waals surface area contributed by atoms with Crippen molar-refractivity contribution >= 4 is 23.3 Å². The summed E-state index contributed by atoms with van der Waals surface area (Å²) in [6.07, 6.45) is -1.36. The van der Waals surface area contributed by atoms with Crippen LogP contribution in [0.1, 0.15) is 42.7 Å². The summed E-state index contributed by atoms with van der Waals surface area (Å²) in [5, 5.41) is 0.0870. The third-order valence-electron chi connectivity index (χ3n) is 5.27. The van der Waals surface area contributed by atoms with Gasteiger partial charge in [0.15, 0.2) is 12.4 Å². The van der Waals surface area contributed by atoms with Crippen molar-refractivity contribution in [3.63, 3.8) is 0 Å². The number of carbonyl (C=O) groups is 1. The second kappa shape index (κ2) is 7.00. The van der Waals surface area contributed by atoms with Gasteiger partial charge in [-0.1, -0.05) is 12.1 Å². The van der Waals surface area contributed by atoms with Crippen LogP contribution in [0, 0.1) is 6.92 Å². The number of ketones is 1. The maximum Gasteiger partial charge on any atom is 0.422 e. The molecular formula is C20H20F3NO2S. The van der Waals surface area contributed by atoms with Gasteiger partial charge in [-0.15, -0.1) is 0 Å². The Morgan fingerprint density at radius 2 is 2.07 bits per heavy atom. The Labute approximate surface area is 160 Å². The van der Waals surface area contributed by atoms with Crippen molar-refractivity contribution in [3.05, 3.63) is 40.6 Å². The van der Waals surface area contributed by atoms with Crippen molar-refractivity contribution in [2.24, 2.45) is 4.99 Å². The van der Waals surface area contributed by atoms with Crippen molar-refractivity contribution in [1.29, 1.82) is 0 Å². The Hall–Kier alpha value is -1.76. The maximum atomic E-state index is 12.7. The minimum absolute atomic E-state index is 0.0870. The highest BCUT2D eigenvalue weighted by Gasteiger charge is 2.42.